The van der Waals surface area contributed by atoms with Crippen molar-refractivity contribution in [1.82, 2.24) is 0 Å². The van der Waals surface area contributed by atoms with Crippen molar-refractivity contribution in [2.45, 2.75) is 6.42 Å². The Morgan fingerprint density at radius 2 is 1.90 bits per heavy atom. The molecule has 1 amide bonds. The van der Waals surface area contributed by atoms with Crippen molar-refractivity contribution < 1.29 is 14.1 Å². The monoisotopic (exact) mass is 289 g/mol. The molecule has 0 radical (unpaired) electrons. The summed E-state index contributed by atoms with van der Waals surface area (Å²) in [5.41, 5.74) is 6.37. The average Bonchev–Trinajstić information content (AvgIpc) is 2.43. The molecule has 108 valence electrons. The van der Waals surface area contributed by atoms with Crippen LogP contribution in [0.15, 0.2) is 42.5 Å². The van der Waals surface area contributed by atoms with Gasteiger partial charge in [0.2, 0.25) is 11.7 Å². The highest BCUT2D eigenvalue weighted by Crippen LogP contribution is 2.21. The predicted octanol–water partition coefficient (Wildman–Crippen LogP) is 2.50. The number of nitrogen functional groups attached to an aromatic ring is 1. The van der Waals surface area contributed by atoms with Gasteiger partial charge in [-0.3, -0.25) is 14.9 Å². The molecule has 0 atom stereocenters. The summed E-state index contributed by atoms with van der Waals surface area (Å²) in [7, 11) is 0. The Kier molecular flexibility index (Phi) is 4.13. The number of amides is 1. The first-order valence-corrected chi connectivity index (χ1v) is 6.04. The maximum absolute atomic E-state index is 13.2. The fourth-order valence-electron chi connectivity index (χ4n) is 1.76. The minimum Gasteiger partial charge on any atom is -0.399 e. The van der Waals surface area contributed by atoms with Gasteiger partial charge in [-0.2, -0.15) is 4.39 Å². The third kappa shape index (κ3) is 3.75. The van der Waals surface area contributed by atoms with Crippen molar-refractivity contribution in [3.05, 3.63) is 64.0 Å². The lowest BCUT2D eigenvalue weighted by Crippen LogP contribution is -2.14. The molecule has 7 heteroatoms. The first kappa shape index (κ1) is 14.4. The Balaban J connectivity index is 2.07. The molecule has 0 fully saturated rings. The number of nitro benzene ring substituents is 1. The van der Waals surface area contributed by atoms with Crippen molar-refractivity contribution in [3.8, 4) is 0 Å². The summed E-state index contributed by atoms with van der Waals surface area (Å²) >= 11 is 0. The zero-order chi connectivity index (χ0) is 15.4. The van der Waals surface area contributed by atoms with Crippen molar-refractivity contribution >= 4 is 23.0 Å². The number of hydrogen-bond donors (Lipinski definition) is 2. The van der Waals surface area contributed by atoms with Gasteiger partial charge in [-0.15, -0.1) is 0 Å². The second-order valence-corrected chi connectivity index (χ2v) is 4.39. The minimum absolute atomic E-state index is 0.0887. The quantitative estimate of drug-likeness (QED) is 0.513. The zero-order valence-corrected chi connectivity index (χ0v) is 10.9. The van der Waals surface area contributed by atoms with Crippen LogP contribution in [0.2, 0.25) is 0 Å². The van der Waals surface area contributed by atoms with Gasteiger partial charge < -0.3 is 11.1 Å². The molecule has 0 aromatic heterocycles. The third-order valence-corrected chi connectivity index (χ3v) is 2.77. The Labute approximate surface area is 119 Å². The molecule has 0 spiro atoms. The van der Waals surface area contributed by atoms with Crippen LogP contribution in [-0.2, 0) is 11.2 Å². The summed E-state index contributed by atoms with van der Waals surface area (Å²) in [6, 6.07) is 9.96. The van der Waals surface area contributed by atoms with Gasteiger partial charge in [0.25, 0.3) is 0 Å². The predicted molar refractivity (Wildman–Crippen MR) is 76.2 cm³/mol. The van der Waals surface area contributed by atoms with E-state index in [4.69, 9.17) is 5.73 Å². The van der Waals surface area contributed by atoms with Gasteiger partial charge in [-0.1, -0.05) is 12.1 Å². The number of hydrogen-bond acceptors (Lipinski definition) is 4. The van der Waals surface area contributed by atoms with E-state index in [-0.39, 0.29) is 18.0 Å². The highest BCUT2D eigenvalue weighted by Gasteiger charge is 2.15. The SMILES string of the molecule is Nc1ccc(CC(=O)Nc2ccc(F)c([N+](=O)[O-])c2)cc1. The molecule has 21 heavy (non-hydrogen) atoms. The molecule has 0 unspecified atom stereocenters. The number of benzene rings is 2. The zero-order valence-electron chi connectivity index (χ0n) is 10.9. The van der Waals surface area contributed by atoms with E-state index >= 15 is 0 Å². The van der Waals surface area contributed by atoms with Gasteiger partial charge >= 0.3 is 5.69 Å². The third-order valence-electron chi connectivity index (χ3n) is 2.77. The van der Waals surface area contributed by atoms with E-state index in [0.717, 1.165) is 17.7 Å². The molecular formula is C14H12FN3O3. The number of nitrogens with two attached hydrogens (primary N) is 1. The largest absolute Gasteiger partial charge is 0.399 e. The van der Waals surface area contributed by atoms with Crippen LogP contribution in [0.4, 0.5) is 21.5 Å². The van der Waals surface area contributed by atoms with E-state index in [0.29, 0.717) is 5.69 Å². The van der Waals surface area contributed by atoms with Gasteiger partial charge in [0.05, 0.1) is 11.3 Å². The normalized spacial score (nSPS) is 10.1. The molecular weight excluding hydrogens is 277 g/mol. The second kappa shape index (κ2) is 6.00. The number of anilines is 2. The Hall–Kier alpha value is -2.96. The standard InChI is InChI=1S/C14H12FN3O3/c15-12-6-5-11(8-13(12)18(20)21)17-14(19)7-9-1-3-10(16)4-2-9/h1-6,8H,7,16H2,(H,17,19). The second-order valence-electron chi connectivity index (χ2n) is 4.39. The lowest BCUT2D eigenvalue weighted by atomic mass is 10.1. The molecule has 0 bridgehead atoms. The molecule has 0 saturated carbocycles. The Morgan fingerprint density at radius 3 is 2.52 bits per heavy atom. The number of halogens is 1. The Bertz CT molecular complexity index is 686. The molecule has 6 nitrogen and oxygen atoms in total. The van der Waals surface area contributed by atoms with E-state index in [1.54, 1.807) is 24.3 Å². The lowest BCUT2D eigenvalue weighted by molar-refractivity contribution is -0.387. The van der Waals surface area contributed by atoms with Crippen LogP contribution in [0.5, 0.6) is 0 Å². The van der Waals surface area contributed by atoms with Crippen LogP contribution in [0, 0.1) is 15.9 Å². The topological polar surface area (TPSA) is 98.3 Å². The summed E-state index contributed by atoms with van der Waals surface area (Å²) in [5, 5.41) is 13.1. The van der Waals surface area contributed by atoms with Crippen LogP contribution in [-0.4, -0.2) is 10.8 Å². The van der Waals surface area contributed by atoms with E-state index in [9.17, 15) is 19.3 Å². The summed E-state index contributed by atoms with van der Waals surface area (Å²) < 4.78 is 13.2. The van der Waals surface area contributed by atoms with Crippen molar-refractivity contribution in [3.63, 3.8) is 0 Å². The number of nitrogens with zero attached hydrogens (tertiary/aromatic N) is 1. The number of nitro groups is 1. The van der Waals surface area contributed by atoms with E-state index in [1.165, 1.54) is 6.07 Å². The first-order chi connectivity index (χ1) is 9.95. The summed E-state index contributed by atoms with van der Waals surface area (Å²) in [4.78, 5) is 21.6. The van der Waals surface area contributed by atoms with Crippen molar-refractivity contribution in [2.75, 3.05) is 11.1 Å². The van der Waals surface area contributed by atoms with Gasteiger partial charge in [-0.25, -0.2) is 0 Å². The molecule has 0 saturated heterocycles. The van der Waals surface area contributed by atoms with E-state index < -0.39 is 16.4 Å². The van der Waals surface area contributed by atoms with Crippen molar-refractivity contribution in [2.24, 2.45) is 0 Å². The minimum atomic E-state index is -0.948. The summed E-state index contributed by atoms with van der Waals surface area (Å²) in [6.45, 7) is 0. The van der Waals surface area contributed by atoms with Gasteiger partial charge in [0, 0.05) is 17.4 Å². The van der Waals surface area contributed by atoms with Crippen LogP contribution in [0.3, 0.4) is 0 Å². The maximum Gasteiger partial charge on any atom is 0.306 e. The van der Waals surface area contributed by atoms with Crippen LogP contribution in [0.1, 0.15) is 5.56 Å². The van der Waals surface area contributed by atoms with E-state index in [2.05, 4.69) is 5.32 Å². The van der Waals surface area contributed by atoms with Crippen LogP contribution >= 0.6 is 0 Å². The molecule has 2 aromatic rings. The molecule has 0 aliphatic carbocycles. The fraction of sp³-hybridized carbons (Fsp3) is 0.0714. The molecule has 2 aromatic carbocycles. The number of rotatable bonds is 4. The molecule has 0 aliphatic rings. The lowest BCUT2D eigenvalue weighted by Gasteiger charge is -2.06. The molecule has 0 heterocycles. The summed E-state index contributed by atoms with van der Waals surface area (Å²) in [6.07, 6.45) is 0.0887. The fourth-order valence-corrected chi connectivity index (χ4v) is 1.76. The van der Waals surface area contributed by atoms with Crippen LogP contribution in [0.25, 0.3) is 0 Å². The molecule has 0 aliphatic heterocycles. The number of carbonyl (C=O) groups is 1. The van der Waals surface area contributed by atoms with E-state index in [1.807, 2.05) is 0 Å². The van der Waals surface area contributed by atoms with Gasteiger partial charge in [-0.05, 0) is 29.8 Å². The van der Waals surface area contributed by atoms with Crippen molar-refractivity contribution in [1.29, 1.82) is 0 Å². The molecule has 2 rings (SSSR count). The molecule has 3 N–H and O–H groups in total. The number of nitrogens with one attached hydrogen (secondary N) is 1. The number of carbonyl (C=O) groups excluding carboxylic acids is 1. The highest BCUT2D eigenvalue weighted by molar-refractivity contribution is 5.92. The van der Waals surface area contributed by atoms with Gasteiger partial charge in [0.1, 0.15) is 0 Å². The smallest absolute Gasteiger partial charge is 0.306 e. The maximum atomic E-state index is 13.2. The highest BCUT2D eigenvalue weighted by atomic mass is 19.1. The Morgan fingerprint density at radius 1 is 1.24 bits per heavy atom. The first-order valence-electron chi connectivity index (χ1n) is 6.04. The average molecular weight is 289 g/mol. The van der Waals surface area contributed by atoms with Crippen LogP contribution < -0.4 is 11.1 Å². The van der Waals surface area contributed by atoms with Gasteiger partial charge in [0.15, 0.2) is 0 Å². The summed E-state index contributed by atoms with van der Waals surface area (Å²) in [5.74, 6) is -1.31.